The molecule has 1 aliphatic heterocycles. The number of fused-ring (bicyclic) bond motifs is 3. The maximum atomic E-state index is 12.6. The Kier molecular flexibility index (Phi) is 6.26. The van der Waals surface area contributed by atoms with Gasteiger partial charge < -0.3 is 20.1 Å². The highest BCUT2D eigenvalue weighted by atomic mass is 16.5. The first kappa shape index (κ1) is 22.4. The SMILES string of the molecule is O=C(O)CC1CN(C(=O)CC(CNC(=O)OCC2c3ccccc3-c3ccccc32)C2CC2)C1. The molecule has 178 valence electrons. The number of rotatable bonds is 9. The van der Waals surface area contributed by atoms with E-state index in [0.717, 1.165) is 12.8 Å². The molecule has 2 aromatic rings. The summed E-state index contributed by atoms with van der Waals surface area (Å²) in [6, 6.07) is 16.5. The quantitative estimate of drug-likeness (QED) is 0.590. The van der Waals surface area contributed by atoms with Crippen LogP contribution in [0, 0.1) is 17.8 Å². The lowest BCUT2D eigenvalue weighted by Gasteiger charge is -2.39. The number of hydrogen-bond acceptors (Lipinski definition) is 4. The third-order valence-electron chi connectivity index (χ3n) is 7.35. The standard InChI is InChI=1S/C27H30N2O5/c30-25(29-14-17(15-29)11-26(31)32)12-19(18-9-10-18)13-28-27(33)34-16-24-22-7-3-1-5-20(22)21-6-2-4-8-23(21)24/h1-8,17-19,24H,9-16H2,(H,28,33)(H,31,32). The fourth-order valence-electron chi connectivity index (χ4n) is 5.34. The predicted molar refractivity (Wildman–Crippen MR) is 126 cm³/mol. The van der Waals surface area contributed by atoms with Crippen molar-refractivity contribution in [2.75, 3.05) is 26.2 Å². The minimum Gasteiger partial charge on any atom is -0.481 e. The van der Waals surface area contributed by atoms with Crippen molar-refractivity contribution >= 4 is 18.0 Å². The number of nitrogens with zero attached hydrogens (tertiary/aromatic N) is 1. The first-order valence-electron chi connectivity index (χ1n) is 12.1. The van der Waals surface area contributed by atoms with E-state index in [1.165, 1.54) is 22.3 Å². The largest absolute Gasteiger partial charge is 0.481 e. The molecule has 1 saturated heterocycles. The van der Waals surface area contributed by atoms with Gasteiger partial charge in [-0.25, -0.2) is 4.79 Å². The lowest BCUT2D eigenvalue weighted by atomic mass is 9.93. The average Bonchev–Trinajstić information content (AvgIpc) is 3.60. The van der Waals surface area contributed by atoms with Gasteiger partial charge in [0, 0.05) is 37.9 Å². The van der Waals surface area contributed by atoms with Crippen molar-refractivity contribution in [3.05, 3.63) is 59.7 Å². The zero-order valence-corrected chi connectivity index (χ0v) is 19.1. The number of carboxylic acid groups (broad SMARTS) is 1. The van der Waals surface area contributed by atoms with Gasteiger partial charge in [0.15, 0.2) is 0 Å². The molecule has 0 radical (unpaired) electrons. The van der Waals surface area contributed by atoms with E-state index in [1.807, 2.05) is 24.3 Å². The van der Waals surface area contributed by atoms with E-state index >= 15 is 0 Å². The molecular weight excluding hydrogens is 432 g/mol. The highest BCUT2D eigenvalue weighted by Gasteiger charge is 2.37. The van der Waals surface area contributed by atoms with Crippen LogP contribution in [0.2, 0.25) is 0 Å². The molecule has 2 aromatic carbocycles. The number of aliphatic carboxylic acids is 1. The van der Waals surface area contributed by atoms with Crippen molar-refractivity contribution in [3.8, 4) is 11.1 Å². The molecule has 7 nitrogen and oxygen atoms in total. The van der Waals surface area contributed by atoms with Crippen LogP contribution in [0.1, 0.15) is 42.7 Å². The molecular formula is C27H30N2O5. The lowest BCUT2D eigenvalue weighted by Crippen LogP contribution is -2.51. The van der Waals surface area contributed by atoms with E-state index in [1.54, 1.807) is 4.90 Å². The minimum absolute atomic E-state index is 0.0177. The normalized spacial score (nSPS) is 17.9. The summed E-state index contributed by atoms with van der Waals surface area (Å²) in [6.45, 7) is 1.72. The van der Waals surface area contributed by atoms with Crippen LogP contribution in [0.4, 0.5) is 4.79 Å². The Hall–Kier alpha value is -3.35. The lowest BCUT2D eigenvalue weighted by molar-refractivity contribution is -0.145. The summed E-state index contributed by atoms with van der Waals surface area (Å²) >= 11 is 0. The van der Waals surface area contributed by atoms with Crippen LogP contribution in [0.5, 0.6) is 0 Å². The molecule has 2 N–H and O–H groups in total. The molecule has 1 saturated carbocycles. The van der Waals surface area contributed by atoms with Crippen LogP contribution in [-0.2, 0) is 14.3 Å². The van der Waals surface area contributed by atoms with Gasteiger partial charge in [0.25, 0.3) is 0 Å². The monoisotopic (exact) mass is 462 g/mol. The molecule has 2 aliphatic carbocycles. The molecule has 1 unspecified atom stereocenters. The minimum atomic E-state index is -0.819. The molecule has 7 heteroatoms. The number of ether oxygens (including phenoxy) is 1. The van der Waals surface area contributed by atoms with Crippen molar-refractivity contribution in [3.63, 3.8) is 0 Å². The van der Waals surface area contributed by atoms with Gasteiger partial charge in [0.05, 0.1) is 6.42 Å². The van der Waals surface area contributed by atoms with Gasteiger partial charge in [-0.15, -0.1) is 0 Å². The molecule has 1 atom stereocenters. The Morgan fingerprint density at radius 3 is 2.21 bits per heavy atom. The second-order valence-corrected chi connectivity index (χ2v) is 9.77. The van der Waals surface area contributed by atoms with Crippen LogP contribution in [-0.4, -0.2) is 54.2 Å². The van der Waals surface area contributed by atoms with Gasteiger partial charge in [0.1, 0.15) is 6.61 Å². The smallest absolute Gasteiger partial charge is 0.407 e. The Morgan fingerprint density at radius 1 is 1.00 bits per heavy atom. The summed E-state index contributed by atoms with van der Waals surface area (Å²) in [5.74, 6) is -0.155. The Labute approximate surface area is 199 Å². The summed E-state index contributed by atoms with van der Waals surface area (Å²) in [7, 11) is 0. The fourth-order valence-corrected chi connectivity index (χ4v) is 5.34. The summed E-state index contributed by atoms with van der Waals surface area (Å²) in [5.41, 5.74) is 4.73. The Balaban J connectivity index is 1.11. The van der Waals surface area contributed by atoms with Crippen LogP contribution < -0.4 is 5.32 Å². The number of benzene rings is 2. The van der Waals surface area contributed by atoms with E-state index in [0.29, 0.717) is 32.0 Å². The molecule has 0 bridgehead atoms. The van der Waals surface area contributed by atoms with Crippen molar-refractivity contribution in [2.45, 2.75) is 31.6 Å². The first-order chi connectivity index (χ1) is 16.5. The van der Waals surface area contributed by atoms with Crippen molar-refractivity contribution in [1.82, 2.24) is 10.2 Å². The zero-order valence-electron chi connectivity index (χ0n) is 19.1. The van der Waals surface area contributed by atoms with Crippen molar-refractivity contribution in [2.24, 2.45) is 17.8 Å². The molecule has 34 heavy (non-hydrogen) atoms. The van der Waals surface area contributed by atoms with Gasteiger partial charge in [-0.2, -0.15) is 0 Å². The second kappa shape index (κ2) is 9.49. The van der Waals surface area contributed by atoms with Crippen LogP contribution >= 0.6 is 0 Å². The predicted octanol–water partition coefficient (Wildman–Crippen LogP) is 3.87. The highest BCUT2D eigenvalue weighted by Crippen LogP contribution is 2.44. The maximum Gasteiger partial charge on any atom is 0.407 e. The van der Waals surface area contributed by atoms with Gasteiger partial charge in [-0.05, 0) is 46.9 Å². The number of alkyl carbamates (subject to hydrolysis) is 1. The van der Waals surface area contributed by atoms with E-state index in [4.69, 9.17) is 9.84 Å². The van der Waals surface area contributed by atoms with E-state index in [9.17, 15) is 14.4 Å². The number of hydrogen-bond donors (Lipinski definition) is 2. The van der Waals surface area contributed by atoms with Gasteiger partial charge in [-0.3, -0.25) is 9.59 Å². The topological polar surface area (TPSA) is 95.9 Å². The number of carbonyl (C=O) groups excluding carboxylic acids is 2. The van der Waals surface area contributed by atoms with Crippen molar-refractivity contribution in [1.29, 1.82) is 0 Å². The number of nitrogens with one attached hydrogen (secondary N) is 1. The summed E-state index contributed by atoms with van der Waals surface area (Å²) in [4.78, 5) is 37.7. The van der Waals surface area contributed by atoms with E-state index < -0.39 is 12.1 Å². The third kappa shape index (κ3) is 4.79. The average molecular weight is 463 g/mol. The molecule has 1 heterocycles. The van der Waals surface area contributed by atoms with Crippen LogP contribution in [0.25, 0.3) is 11.1 Å². The Morgan fingerprint density at radius 2 is 1.62 bits per heavy atom. The highest BCUT2D eigenvalue weighted by molar-refractivity contribution is 5.79. The van der Waals surface area contributed by atoms with E-state index in [2.05, 4.69) is 29.6 Å². The molecule has 0 aromatic heterocycles. The number of amides is 2. The first-order valence-corrected chi connectivity index (χ1v) is 12.1. The molecule has 2 fully saturated rings. The maximum absolute atomic E-state index is 12.6. The third-order valence-corrected chi connectivity index (χ3v) is 7.35. The number of carboxylic acids is 1. The van der Waals surface area contributed by atoms with Gasteiger partial charge >= 0.3 is 12.1 Å². The number of likely N-dealkylation sites (tertiary alicyclic amines) is 1. The van der Waals surface area contributed by atoms with Gasteiger partial charge in [-0.1, -0.05) is 48.5 Å². The van der Waals surface area contributed by atoms with E-state index in [-0.39, 0.29) is 36.7 Å². The summed E-state index contributed by atoms with van der Waals surface area (Å²) < 4.78 is 5.63. The zero-order chi connectivity index (χ0) is 23.7. The number of carbonyl (C=O) groups is 3. The second-order valence-electron chi connectivity index (χ2n) is 9.77. The molecule has 2 amide bonds. The Bertz CT molecular complexity index is 1040. The van der Waals surface area contributed by atoms with Crippen LogP contribution in [0.3, 0.4) is 0 Å². The molecule has 0 spiro atoms. The fraction of sp³-hybridized carbons (Fsp3) is 0.444. The van der Waals surface area contributed by atoms with Crippen molar-refractivity contribution < 1.29 is 24.2 Å². The van der Waals surface area contributed by atoms with Crippen LogP contribution in [0.15, 0.2) is 48.5 Å². The van der Waals surface area contributed by atoms with Gasteiger partial charge in [0.2, 0.25) is 5.91 Å². The summed E-state index contributed by atoms with van der Waals surface area (Å²) in [5, 5.41) is 11.8. The molecule has 5 rings (SSSR count). The molecule has 3 aliphatic rings. The summed E-state index contributed by atoms with van der Waals surface area (Å²) in [6.07, 6.45) is 2.19.